The van der Waals surface area contributed by atoms with Gasteiger partial charge in [-0.25, -0.2) is 0 Å². The summed E-state index contributed by atoms with van der Waals surface area (Å²) >= 11 is 1.76. The normalized spacial score (nSPS) is 14.3. The lowest BCUT2D eigenvalue weighted by atomic mass is 10.2. The highest BCUT2D eigenvalue weighted by Gasteiger charge is 2.18. The van der Waals surface area contributed by atoms with Crippen molar-refractivity contribution in [1.82, 2.24) is 4.90 Å². The van der Waals surface area contributed by atoms with Crippen LogP contribution < -0.4 is 0 Å². The smallest absolute Gasteiger partial charge is 0.0900 e. The van der Waals surface area contributed by atoms with E-state index in [4.69, 9.17) is 4.74 Å². The number of thiophene rings is 1. The van der Waals surface area contributed by atoms with E-state index in [1.165, 1.54) is 4.88 Å². The molecule has 1 N–H and O–H groups in total. The van der Waals surface area contributed by atoms with E-state index in [-0.39, 0.29) is 5.60 Å². The molecule has 0 aromatic carbocycles. The predicted molar refractivity (Wildman–Crippen MR) is 81.6 cm³/mol. The zero-order chi connectivity index (χ0) is 14.5. The Hall–Kier alpha value is -0.420. The van der Waals surface area contributed by atoms with Crippen LogP contribution in [0.4, 0.5) is 0 Å². The molecule has 1 atom stereocenters. The van der Waals surface area contributed by atoms with Gasteiger partial charge in [0.2, 0.25) is 0 Å². The summed E-state index contributed by atoms with van der Waals surface area (Å²) in [5.74, 6) is 0. The van der Waals surface area contributed by atoms with Gasteiger partial charge in [0, 0.05) is 24.0 Å². The Morgan fingerprint density at radius 2 is 2.05 bits per heavy atom. The number of nitrogens with zero attached hydrogens (tertiary/aromatic N) is 1. The number of hydrogen-bond donors (Lipinski definition) is 1. The third-order valence-electron chi connectivity index (χ3n) is 2.82. The van der Waals surface area contributed by atoms with Gasteiger partial charge in [-0.3, -0.25) is 4.90 Å². The average Bonchev–Trinajstić information content (AvgIpc) is 2.77. The summed E-state index contributed by atoms with van der Waals surface area (Å²) in [5.41, 5.74) is -0.197. The highest BCUT2D eigenvalue weighted by atomic mass is 32.1. The van der Waals surface area contributed by atoms with Crippen molar-refractivity contribution in [3.05, 3.63) is 22.4 Å². The largest absolute Gasteiger partial charge is 0.389 e. The van der Waals surface area contributed by atoms with Crippen LogP contribution in [0.15, 0.2) is 17.5 Å². The quantitative estimate of drug-likeness (QED) is 0.835. The predicted octanol–water partition coefficient (Wildman–Crippen LogP) is 3.13. The first-order chi connectivity index (χ1) is 8.78. The third-order valence-corrected chi connectivity index (χ3v) is 3.68. The summed E-state index contributed by atoms with van der Waals surface area (Å²) in [6, 6.07) is 4.61. The lowest BCUT2D eigenvalue weighted by Crippen LogP contribution is -2.39. The van der Waals surface area contributed by atoms with Gasteiger partial charge in [0.1, 0.15) is 0 Å². The van der Waals surface area contributed by atoms with Crippen LogP contribution in [-0.4, -0.2) is 40.9 Å². The zero-order valence-electron chi connectivity index (χ0n) is 12.7. The minimum Gasteiger partial charge on any atom is -0.389 e. The van der Waals surface area contributed by atoms with Gasteiger partial charge in [0.15, 0.2) is 0 Å². The van der Waals surface area contributed by atoms with E-state index in [2.05, 4.69) is 36.3 Å². The van der Waals surface area contributed by atoms with Crippen LogP contribution in [0.1, 0.15) is 39.5 Å². The van der Waals surface area contributed by atoms with Gasteiger partial charge in [0.25, 0.3) is 0 Å². The van der Waals surface area contributed by atoms with E-state index in [0.717, 1.165) is 6.54 Å². The van der Waals surface area contributed by atoms with Crippen LogP contribution in [0.3, 0.4) is 0 Å². The molecule has 0 amide bonds. The molecule has 0 saturated carbocycles. The molecule has 1 aromatic rings. The van der Waals surface area contributed by atoms with Gasteiger partial charge in [-0.2, -0.15) is 0 Å². The Balaban J connectivity index is 2.44. The molecule has 0 saturated heterocycles. The van der Waals surface area contributed by atoms with Gasteiger partial charge in [-0.1, -0.05) is 6.07 Å². The van der Waals surface area contributed by atoms with Crippen molar-refractivity contribution >= 4 is 11.3 Å². The maximum atomic E-state index is 10.1. The monoisotopic (exact) mass is 285 g/mol. The lowest BCUT2D eigenvalue weighted by Gasteiger charge is -2.29. The van der Waals surface area contributed by atoms with Gasteiger partial charge in [-0.05, 0) is 46.1 Å². The SMILES string of the molecule is CC(C)N(Cc1cccs1)C[C@@H](O)COC(C)(C)C. The highest BCUT2D eigenvalue weighted by Crippen LogP contribution is 2.15. The molecule has 0 bridgehead atoms. The molecule has 0 aliphatic carbocycles. The molecule has 1 heterocycles. The van der Waals surface area contributed by atoms with Crippen LogP contribution in [0, 0.1) is 0 Å². The molecule has 0 spiro atoms. The minimum atomic E-state index is -0.443. The minimum absolute atomic E-state index is 0.197. The summed E-state index contributed by atoms with van der Waals surface area (Å²) in [4.78, 5) is 3.61. The van der Waals surface area contributed by atoms with Gasteiger partial charge >= 0.3 is 0 Å². The first-order valence-electron chi connectivity index (χ1n) is 6.86. The molecule has 1 aromatic heterocycles. The zero-order valence-corrected chi connectivity index (χ0v) is 13.5. The molecule has 4 heteroatoms. The first-order valence-corrected chi connectivity index (χ1v) is 7.74. The van der Waals surface area contributed by atoms with Crippen molar-refractivity contribution in [2.24, 2.45) is 0 Å². The van der Waals surface area contributed by atoms with Crippen molar-refractivity contribution in [3.8, 4) is 0 Å². The van der Waals surface area contributed by atoms with Crippen molar-refractivity contribution < 1.29 is 9.84 Å². The van der Waals surface area contributed by atoms with E-state index in [1.807, 2.05) is 20.8 Å². The van der Waals surface area contributed by atoms with Crippen LogP contribution in [0.5, 0.6) is 0 Å². The topological polar surface area (TPSA) is 32.7 Å². The second kappa shape index (κ2) is 7.39. The van der Waals surface area contributed by atoms with E-state index < -0.39 is 6.10 Å². The molecular weight excluding hydrogens is 258 g/mol. The van der Waals surface area contributed by atoms with Crippen molar-refractivity contribution in [1.29, 1.82) is 0 Å². The van der Waals surface area contributed by atoms with Crippen LogP contribution in [0.25, 0.3) is 0 Å². The molecule has 3 nitrogen and oxygen atoms in total. The summed E-state index contributed by atoms with van der Waals surface area (Å²) in [7, 11) is 0. The van der Waals surface area contributed by atoms with E-state index >= 15 is 0 Å². The Morgan fingerprint density at radius 1 is 1.37 bits per heavy atom. The van der Waals surface area contributed by atoms with Crippen LogP contribution in [-0.2, 0) is 11.3 Å². The molecular formula is C15H27NO2S. The Labute approximate surface area is 121 Å². The maximum Gasteiger partial charge on any atom is 0.0900 e. The summed E-state index contributed by atoms with van der Waals surface area (Å²) in [6.45, 7) is 12.3. The Morgan fingerprint density at radius 3 is 2.53 bits per heavy atom. The Kier molecular flexibility index (Phi) is 6.47. The summed E-state index contributed by atoms with van der Waals surface area (Å²) < 4.78 is 5.63. The van der Waals surface area contributed by atoms with Gasteiger partial charge < -0.3 is 9.84 Å². The standard InChI is InChI=1S/C15H27NO2S/c1-12(2)16(10-14-7-6-8-19-14)9-13(17)11-18-15(3,4)5/h6-8,12-13,17H,9-11H2,1-5H3/t13-/m1/s1. The van der Waals surface area contributed by atoms with E-state index in [9.17, 15) is 5.11 Å². The number of ether oxygens (including phenoxy) is 1. The highest BCUT2D eigenvalue weighted by molar-refractivity contribution is 7.09. The van der Waals surface area contributed by atoms with E-state index in [0.29, 0.717) is 19.2 Å². The molecule has 0 aliphatic rings. The van der Waals surface area contributed by atoms with Crippen LogP contribution >= 0.6 is 11.3 Å². The van der Waals surface area contributed by atoms with Crippen molar-refractivity contribution in [3.63, 3.8) is 0 Å². The van der Waals surface area contributed by atoms with Crippen molar-refractivity contribution in [2.75, 3.05) is 13.2 Å². The molecule has 110 valence electrons. The third kappa shape index (κ3) is 7.06. The van der Waals surface area contributed by atoms with Gasteiger partial charge in [-0.15, -0.1) is 11.3 Å². The number of rotatable bonds is 7. The average molecular weight is 285 g/mol. The first kappa shape index (κ1) is 16.6. The molecule has 0 radical (unpaired) electrons. The molecule has 1 rings (SSSR count). The maximum absolute atomic E-state index is 10.1. The second-order valence-corrected chi connectivity index (χ2v) is 7.21. The number of aliphatic hydroxyl groups excluding tert-OH is 1. The van der Waals surface area contributed by atoms with E-state index in [1.54, 1.807) is 11.3 Å². The lowest BCUT2D eigenvalue weighted by molar-refractivity contribution is -0.0586. The fraction of sp³-hybridized carbons (Fsp3) is 0.733. The number of aliphatic hydroxyl groups is 1. The van der Waals surface area contributed by atoms with Crippen LogP contribution in [0.2, 0.25) is 0 Å². The molecule has 0 aliphatic heterocycles. The fourth-order valence-electron chi connectivity index (χ4n) is 1.73. The Bertz CT molecular complexity index is 344. The molecule has 0 unspecified atom stereocenters. The van der Waals surface area contributed by atoms with Crippen molar-refractivity contribution in [2.45, 2.75) is 58.9 Å². The molecule has 0 fully saturated rings. The number of hydrogen-bond acceptors (Lipinski definition) is 4. The summed E-state index contributed by atoms with van der Waals surface area (Å²) in [6.07, 6.45) is -0.443. The summed E-state index contributed by atoms with van der Waals surface area (Å²) in [5, 5.41) is 12.2. The fourth-order valence-corrected chi connectivity index (χ4v) is 2.46. The molecule has 19 heavy (non-hydrogen) atoms. The second-order valence-electron chi connectivity index (χ2n) is 6.18. The van der Waals surface area contributed by atoms with Gasteiger partial charge in [0.05, 0.1) is 18.3 Å².